The van der Waals surface area contributed by atoms with Crippen LogP contribution in [-0.4, -0.2) is 32.1 Å². The van der Waals surface area contributed by atoms with E-state index in [1.807, 2.05) is 11.4 Å². The number of thiophene rings is 1. The van der Waals surface area contributed by atoms with E-state index < -0.39 is 5.97 Å². The first-order valence-corrected chi connectivity index (χ1v) is 7.21. The molecular weight excluding hydrogens is 290 g/mol. The molecule has 0 radical (unpaired) electrons. The van der Waals surface area contributed by atoms with Gasteiger partial charge in [-0.1, -0.05) is 12.1 Å². The Morgan fingerprint density at radius 1 is 1.24 bits per heavy atom. The van der Waals surface area contributed by atoms with Crippen LogP contribution in [0.4, 0.5) is 0 Å². The molecule has 0 aliphatic heterocycles. The molecule has 0 spiro atoms. The fraction of sp³-hybridized carbons (Fsp3) is 0.200. The summed E-state index contributed by atoms with van der Waals surface area (Å²) in [6, 6.07) is 10.3. The third-order valence-corrected chi connectivity index (χ3v) is 3.53. The smallest absolute Gasteiger partial charge is 0.337 e. The molecule has 2 aromatic rings. The predicted molar refractivity (Wildman–Crippen MR) is 79.9 cm³/mol. The molecule has 1 N–H and O–H groups in total. The van der Waals surface area contributed by atoms with E-state index in [9.17, 15) is 9.59 Å². The van der Waals surface area contributed by atoms with Gasteiger partial charge in [-0.25, -0.2) is 4.79 Å². The van der Waals surface area contributed by atoms with Crippen LogP contribution in [0.15, 0.2) is 41.8 Å². The first-order chi connectivity index (χ1) is 10.2. The average Bonchev–Trinajstić information content (AvgIpc) is 3.05. The highest BCUT2D eigenvalue weighted by molar-refractivity contribution is 7.12. The van der Waals surface area contributed by atoms with Crippen LogP contribution < -0.4 is 10.1 Å². The summed E-state index contributed by atoms with van der Waals surface area (Å²) in [7, 11) is 1.33. The van der Waals surface area contributed by atoms with Gasteiger partial charge in [-0.15, -0.1) is 11.3 Å². The van der Waals surface area contributed by atoms with Crippen molar-refractivity contribution in [2.24, 2.45) is 0 Å². The lowest BCUT2D eigenvalue weighted by molar-refractivity contribution is 0.0600. The number of rotatable bonds is 6. The van der Waals surface area contributed by atoms with E-state index in [1.54, 1.807) is 30.3 Å². The summed E-state index contributed by atoms with van der Waals surface area (Å²) in [6.07, 6.45) is 0. The molecule has 0 aliphatic rings. The molecule has 0 unspecified atom stereocenters. The number of amides is 1. The average molecular weight is 305 g/mol. The highest BCUT2D eigenvalue weighted by Gasteiger charge is 2.07. The van der Waals surface area contributed by atoms with Crippen molar-refractivity contribution in [2.75, 3.05) is 20.3 Å². The maximum atomic E-state index is 11.7. The molecule has 0 saturated carbocycles. The van der Waals surface area contributed by atoms with Crippen LogP contribution in [0.5, 0.6) is 5.75 Å². The van der Waals surface area contributed by atoms with Gasteiger partial charge >= 0.3 is 5.97 Å². The van der Waals surface area contributed by atoms with Crippen LogP contribution in [0.1, 0.15) is 20.0 Å². The normalized spacial score (nSPS) is 9.95. The van der Waals surface area contributed by atoms with Crippen molar-refractivity contribution in [3.8, 4) is 5.75 Å². The number of hydrogen-bond acceptors (Lipinski definition) is 5. The highest BCUT2D eigenvalue weighted by atomic mass is 32.1. The Hall–Kier alpha value is -2.34. The molecule has 2 rings (SSSR count). The molecule has 5 nitrogen and oxygen atoms in total. The van der Waals surface area contributed by atoms with Crippen LogP contribution >= 0.6 is 11.3 Å². The predicted octanol–water partition coefficient (Wildman–Crippen LogP) is 2.34. The molecule has 0 saturated heterocycles. The van der Waals surface area contributed by atoms with E-state index in [0.29, 0.717) is 29.3 Å². The summed E-state index contributed by atoms with van der Waals surface area (Å²) in [5, 5.41) is 4.61. The van der Waals surface area contributed by atoms with E-state index in [2.05, 4.69) is 10.1 Å². The number of ether oxygens (including phenoxy) is 2. The third-order valence-electron chi connectivity index (χ3n) is 2.66. The molecule has 1 amide bonds. The molecule has 21 heavy (non-hydrogen) atoms. The SMILES string of the molecule is COC(=O)c1cccc(OCCNC(=O)c2cccs2)c1. The number of nitrogens with one attached hydrogen (secondary N) is 1. The van der Waals surface area contributed by atoms with Gasteiger partial charge in [0, 0.05) is 0 Å². The van der Waals surface area contributed by atoms with E-state index in [1.165, 1.54) is 18.4 Å². The molecule has 0 atom stereocenters. The lowest BCUT2D eigenvalue weighted by Crippen LogP contribution is -2.27. The fourth-order valence-corrected chi connectivity index (χ4v) is 2.30. The summed E-state index contributed by atoms with van der Waals surface area (Å²) in [5.74, 6) is 0.0339. The van der Waals surface area contributed by atoms with Crippen molar-refractivity contribution >= 4 is 23.2 Å². The Labute approximate surface area is 126 Å². The third kappa shape index (κ3) is 4.32. The van der Waals surface area contributed by atoms with Gasteiger partial charge in [0.2, 0.25) is 0 Å². The molecule has 0 bridgehead atoms. The number of carbonyl (C=O) groups excluding carboxylic acids is 2. The zero-order valence-electron chi connectivity index (χ0n) is 11.5. The molecule has 0 fully saturated rings. The number of hydrogen-bond donors (Lipinski definition) is 1. The van der Waals surface area contributed by atoms with E-state index in [-0.39, 0.29) is 5.91 Å². The van der Waals surface area contributed by atoms with Crippen molar-refractivity contribution in [1.29, 1.82) is 0 Å². The summed E-state index contributed by atoms with van der Waals surface area (Å²) < 4.78 is 10.1. The zero-order chi connectivity index (χ0) is 15.1. The van der Waals surface area contributed by atoms with E-state index in [0.717, 1.165) is 0 Å². The van der Waals surface area contributed by atoms with E-state index in [4.69, 9.17) is 4.74 Å². The minimum atomic E-state index is -0.411. The van der Waals surface area contributed by atoms with Crippen LogP contribution in [0.25, 0.3) is 0 Å². The van der Waals surface area contributed by atoms with Crippen molar-refractivity contribution in [1.82, 2.24) is 5.32 Å². The second-order valence-corrected chi connectivity index (χ2v) is 5.05. The maximum Gasteiger partial charge on any atom is 0.337 e. The van der Waals surface area contributed by atoms with Crippen molar-refractivity contribution in [2.45, 2.75) is 0 Å². The van der Waals surface area contributed by atoms with Crippen LogP contribution in [-0.2, 0) is 4.74 Å². The largest absolute Gasteiger partial charge is 0.492 e. The Balaban J connectivity index is 1.78. The fourth-order valence-electron chi connectivity index (χ4n) is 1.66. The molecule has 1 aromatic heterocycles. The Kier molecular flexibility index (Phi) is 5.34. The summed E-state index contributed by atoms with van der Waals surface area (Å²) in [4.78, 5) is 23.7. The minimum Gasteiger partial charge on any atom is -0.492 e. The van der Waals surface area contributed by atoms with Crippen LogP contribution in [0.3, 0.4) is 0 Å². The van der Waals surface area contributed by atoms with Gasteiger partial charge in [0.25, 0.3) is 5.91 Å². The Bertz CT molecular complexity index is 610. The number of carbonyl (C=O) groups is 2. The first kappa shape index (κ1) is 15.1. The molecule has 6 heteroatoms. The van der Waals surface area contributed by atoms with Gasteiger partial charge in [-0.3, -0.25) is 4.79 Å². The summed E-state index contributed by atoms with van der Waals surface area (Å²) in [6.45, 7) is 0.709. The van der Waals surface area contributed by atoms with Gasteiger partial charge in [0.1, 0.15) is 12.4 Å². The molecular formula is C15H15NO4S. The molecule has 1 heterocycles. The monoisotopic (exact) mass is 305 g/mol. The number of esters is 1. The topological polar surface area (TPSA) is 64.6 Å². The lowest BCUT2D eigenvalue weighted by atomic mass is 10.2. The van der Waals surface area contributed by atoms with Crippen LogP contribution in [0.2, 0.25) is 0 Å². The minimum absolute atomic E-state index is 0.114. The second-order valence-electron chi connectivity index (χ2n) is 4.10. The molecule has 110 valence electrons. The standard InChI is InChI=1S/C15H15NO4S/c1-19-15(18)11-4-2-5-12(10-11)20-8-7-16-14(17)13-6-3-9-21-13/h2-6,9-10H,7-8H2,1H3,(H,16,17). The van der Waals surface area contributed by atoms with Gasteiger partial charge in [-0.2, -0.15) is 0 Å². The highest BCUT2D eigenvalue weighted by Crippen LogP contribution is 2.14. The summed E-state index contributed by atoms with van der Waals surface area (Å²) >= 11 is 1.39. The first-order valence-electron chi connectivity index (χ1n) is 6.33. The number of benzene rings is 1. The quantitative estimate of drug-likeness (QED) is 0.657. The van der Waals surface area contributed by atoms with Crippen molar-refractivity contribution < 1.29 is 19.1 Å². The van der Waals surface area contributed by atoms with Crippen molar-refractivity contribution in [3.63, 3.8) is 0 Å². The lowest BCUT2D eigenvalue weighted by Gasteiger charge is -2.08. The second kappa shape index (κ2) is 7.44. The Morgan fingerprint density at radius 2 is 2.10 bits per heavy atom. The van der Waals surface area contributed by atoms with Gasteiger partial charge in [0.15, 0.2) is 0 Å². The maximum absolute atomic E-state index is 11.7. The zero-order valence-corrected chi connectivity index (χ0v) is 12.3. The van der Waals surface area contributed by atoms with Crippen molar-refractivity contribution in [3.05, 3.63) is 52.2 Å². The number of methoxy groups -OCH3 is 1. The van der Waals surface area contributed by atoms with Gasteiger partial charge in [0.05, 0.1) is 24.1 Å². The van der Waals surface area contributed by atoms with E-state index >= 15 is 0 Å². The van der Waals surface area contributed by atoms with Crippen LogP contribution in [0, 0.1) is 0 Å². The Morgan fingerprint density at radius 3 is 2.81 bits per heavy atom. The summed E-state index contributed by atoms with van der Waals surface area (Å²) in [5.41, 5.74) is 0.428. The molecule has 1 aromatic carbocycles. The molecule has 0 aliphatic carbocycles. The van der Waals surface area contributed by atoms with Gasteiger partial charge < -0.3 is 14.8 Å². The van der Waals surface area contributed by atoms with Gasteiger partial charge in [-0.05, 0) is 29.6 Å².